The zero-order valence-corrected chi connectivity index (χ0v) is 16.8. The van der Waals surface area contributed by atoms with Gasteiger partial charge in [-0.15, -0.1) is 10.2 Å². The number of anilines is 1. The van der Waals surface area contributed by atoms with Crippen molar-refractivity contribution in [3.05, 3.63) is 64.9 Å². The van der Waals surface area contributed by atoms with Crippen molar-refractivity contribution in [2.24, 2.45) is 0 Å². The molecule has 0 radical (unpaired) electrons. The fourth-order valence-electron chi connectivity index (χ4n) is 2.83. The number of amides is 1. The second-order valence-corrected chi connectivity index (χ2v) is 7.34. The second kappa shape index (κ2) is 9.06. The van der Waals surface area contributed by atoms with Crippen molar-refractivity contribution in [3.63, 3.8) is 0 Å². The molecule has 1 heterocycles. The minimum absolute atomic E-state index is 0.0590. The van der Waals surface area contributed by atoms with Gasteiger partial charge in [-0.1, -0.05) is 61.5 Å². The third kappa shape index (κ3) is 4.70. The Morgan fingerprint density at radius 3 is 2.52 bits per heavy atom. The van der Waals surface area contributed by atoms with Crippen LogP contribution in [0.3, 0.4) is 0 Å². The SMILES string of the molecule is CCc1cccc(CC)c1NC(=O)CSc1nncn1-c1cccc(Cl)c1. The van der Waals surface area contributed by atoms with E-state index in [0.717, 1.165) is 35.3 Å². The number of aryl methyl sites for hydroxylation is 2. The summed E-state index contributed by atoms with van der Waals surface area (Å²) in [7, 11) is 0. The zero-order chi connectivity index (χ0) is 19.2. The third-order valence-corrected chi connectivity index (χ3v) is 5.38. The molecule has 140 valence electrons. The van der Waals surface area contributed by atoms with Gasteiger partial charge in [-0.05, 0) is 42.2 Å². The van der Waals surface area contributed by atoms with Crippen molar-refractivity contribution < 1.29 is 4.79 Å². The van der Waals surface area contributed by atoms with Crippen LogP contribution in [-0.2, 0) is 17.6 Å². The van der Waals surface area contributed by atoms with Crippen molar-refractivity contribution in [1.29, 1.82) is 0 Å². The quantitative estimate of drug-likeness (QED) is 0.580. The molecule has 1 amide bonds. The molecule has 3 aromatic rings. The number of hydrogen-bond donors (Lipinski definition) is 1. The van der Waals surface area contributed by atoms with Crippen molar-refractivity contribution in [1.82, 2.24) is 14.8 Å². The third-order valence-electron chi connectivity index (χ3n) is 4.20. The smallest absolute Gasteiger partial charge is 0.234 e. The molecule has 27 heavy (non-hydrogen) atoms. The van der Waals surface area contributed by atoms with E-state index < -0.39 is 0 Å². The van der Waals surface area contributed by atoms with E-state index in [1.807, 2.05) is 34.9 Å². The number of nitrogens with zero attached hydrogens (tertiary/aromatic N) is 3. The van der Waals surface area contributed by atoms with Crippen molar-refractivity contribution in [3.8, 4) is 5.69 Å². The highest BCUT2D eigenvalue weighted by atomic mass is 35.5. The molecule has 0 aliphatic heterocycles. The first-order valence-corrected chi connectivity index (χ1v) is 10.2. The number of thioether (sulfide) groups is 1. The Kier molecular flexibility index (Phi) is 6.53. The molecule has 5 nitrogen and oxygen atoms in total. The van der Waals surface area contributed by atoms with Crippen LogP contribution < -0.4 is 5.32 Å². The molecule has 0 aliphatic carbocycles. The van der Waals surface area contributed by atoms with Gasteiger partial charge < -0.3 is 5.32 Å². The average molecular weight is 401 g/mol. The first-order chi connectivity index (χ1) is 13.1. The van der Waals surface area contributed by atoms with Gasteiger partial charge in [-0.25, -0.2) is 0 Å². The fourth-order valence-corrected chi connectivity index (χ4v) is 3.75. The van der Waals surface area contributed by atoms with Gasteiger partial charge in [-0.2, -0.15) is 0 Å². The highest BCUT2D eigenvalue weighted by Crippen LogP contribution is 2.25. The molecule has 7 heteroatoms. The predicted octanol–water partition coefficient (Wildman–Crippen LogP) is 4.78. The Morgan fingerprint density at radius 1 is 1.15 bits per heavy atom. The first-order valence-electron chi connectivity index (χ1n) is 8.81. The molecular weight excluding hydrogens is 380 g/mol. The van der Waals surface area contributed by atoms with Crippen LogP contribution in [0.4, 0.5) is 5.69 Å². The number of para-hydroxylation sites is 1. The van der Waals surface area contributed by atoms with Gasteiger partial charge >= 0.3 is 0 Å². The largest absolute Gasteiger partial charge is 0.325 e. The van der Waals surface area contributed by atoms with E-state index in [1.54, 1.807) is 6.33 Å². The van der Waals surface area contributed by atoms with Crippen LogP contribution in [0.2, 0.25) is 5.02 Å². The van der Waals surface area contributed by atoms with E-state index in [4.69, 9.17) is 11.6 Å². The van der Waals surface area contributed by atoms with Gasteiger partial charge in [0.25, 0.3) is 0 Å². The number of carbonyl (C=O) groups excluding carboxylic acids is 1. The van der Waals surface area contributed by atoms with Crippen LogP contribution in [0.15, 0.2) is 53.9 Å². The lowest BCUT2D eigenvalue weighted by Crippen LogP contribution is -2.17. The summed E-state index contributed by atoms with van der Waals surface area (Å²) in [6, 6.07) is 13.6. The molecule has 1 aromatic heterocycles. The minimum atomic E-state index is -0.0590. The minimum Gasteiger partial charge on any atom is -0.325 e. The lowest BCUT2D eigenvalue weighted by Gasteiger charge is -2.14. The van der Waals surface area contributed by atoms with E-state index in [-0.39, 0.29) is 11.7 Å². The number of benzene rings is 2. The Bertz CT molecular complexity index is 919. The Labute approximate surface area is 168 Å². The van der Waals surface area contributed by atoms with Crippen LogP contribution in [0.25, 0.3) is 5.69 Å². The van der Waals surface area contributed by atoms with Gasteiger partial charge in [-0.3, -0.25) is 9.36 Å². The summed E-state index contributed by atoms with van der Waals surface area (Å²) < 4.78 is 1.82. The maximum Gasteiger partial charge on any atom is 0.234 e. The molecular formula is C20H21ClN4OS. The van der Waals surface area contributed by atoms with E-state index in [1.165, 1.54) is 11.8 Å². The predicted molar refractivity (Wildman–Crippen MR) is 111 cm³/mol. The molecule has 0 fully saturated rings. The normalized spacial score (nSPS) is 10.8. The summed E-state index contributed by atoms with van der Waals surface area (Å²) >= 11 is 7.41. The van der Waals surface area contributed by atoms with Gasteiger partial charge in [0.05, 0.1) is 11.4 Å². The molecule has 3 rings (SSSR count). The van der Waals surface area contributed by atoms with Crippen LogP contribution in [0.1, 0.15) is 25.0 Å². The van der Waals surface area contributed by atoms with Gasteiger partial charge in [0, 0.05) is 10.7 Å². The number of halogens is 1. The van der Waals surface area contributed by atoms with Crippen LogP contribution in [-0.4, -0.2) is 26.4 Å². The van der Waals surface area contributed by atoms with E-state index >= 15 is 0 Å². The number of aromatic nitrogens is 3. The lowest BCUT2D eigenvalue weighted by atomic mass is 10.0. The molecule has 0 aliphatic rings. The molecule has 0 unspecified atom stereocenters. The average Bonchev–Trinajstić information content (AvgIpc) is 3.15. The second-order valence-electron chi connectivity index (χ2n) is 5.96. The number of carbonyl (C=O) groups is 1. The molecule has 0 atom stereocenters. The van der Waals surface area contributed by atoms with Crippen molar-refractivity contribution in [2.75, 3.05) is 11.1 Å². The van der Waals surface area contributed by atoms with Crippen LogP contribution in [0.5, 0.6) is 0 Å². The van der Waals surface area contributed by atoms with E-state index in [9.17, 15) is 4.79 Å². The molecule has 0 saturated heterocycles. The number of nitrogens with one attached hydrogen (secondary N) is 1. The number of rotatable bonds is 7. The molecule has 1 N–H and O–H groups in total. The van der Waals surface area contributed by atoms with Gasteiger partial charge in [0.15, 0.2) is 5.16 Å². The Morgan fingerprint density at radius 2 is 1.85 bits per heavy atom. The molecule has 2 aromatic carbocycles. The van der Waals surface area contributed by atoms with Crippen LogP contribution >= 0.6 is 23.4 Å². The molecule has 0 bridgehead atoms. The zero-order valence-electron chi connectivity index (χ0n) is 15.3. The Balaban J connectivity index is 1.70. The van der Waals surface area contributed by atoms with E-state index in [2.05, 4.69) is 41.5 Å². The molecule has 0 saturated carbocycles. The first kappa shape index (κ1) is 19.5. The lowest BCUT2D eigenvalue weighted by molar-refractivity contribution is -0.113. The Hall–Kier alpha value is -2.31. The summed E-state index contributed by atoms with van der Waals surface area (Å²) in [6.45, 7) is 4.18. The summed E-state index contributed by atoms with van der Waals surface area (Å²) in [6.07, 6.45) is 3.37. The molecule has 0 spiro atoms. The summed E-state index contributed by atoms with van der Waals surface area (Å²) in [5.41, 5.74) is 4.09. The maximum atomic E-state index is 12.5. The monoisotopic (exact) mass is 400 g/mol. The fraction of sp³-hybridized carbons (Fsp3) is 0.250. The van der Waals surface area contributed by atoms with E-state index in [0.29, 0.717) is 10.2 Å². The highest BCUT2D eigenvalue weighted by molar-refractivity contribution is 7.99. The van der Waals surface area contributed by atoms with Crippen molar-refractivity contribution >= 4 is 35.0 Å². The summed E-state index contributed by atoms with van der Waals surface area (Å²) in [5.74, 6) is 0.191. The summed E-state index contributed by atoms with van der Waals surface area (Å²) in [5, 5.41) is 12.4. The highest BCUT2D eigenvalue weighted by Gasteiger charge is 2.13. The van der Waals surface area contributed by atoms with Crippen LogP contribution in [0, 0.1) is 0 Å². The van der Waals surface area contributed by atoms with Gasteiger partial charge in [0.2, 0.25) is 5.91 Å². The van der Waals surface area contributed by atoms with Gasteiger partial charge in [0.1, 0.15) is 6.33 Å². The topological polar surface area (TPSA) is 59.8 Å². The maximum absolute atomic E-state index is 12.5. The standard InChI is InChI=1S/C20H21ClN4OS/c1-3-14-7-5-8-15(4-2)19(14)23-18(26)12-27-20-24-22-13-25(20)17-10-6-9-16(21)11-17/h5-11,13H,3-4,12H2,1-2H3,(H,23,26). The van der Waals surface area contributed by atoms with Crippen molar-refractivity contribution in [2.45, 2.75) is 31.8 Å². The summed E-state index contributed by atoms with van der Waals surface area (Å²) in [4.78, 5) is 12.5. The number of hydrogen-bond acceptors (Lipinski definition) is 4.